The minimum atomic E-state index is -1.51. The highest BCUT2D eigenvalue weighted by atomic mass is 16.7. The van der Waals surface area contributed by atoms with Crippen molar-refractivity contribution in [2.24, 2.45) is 0 Å². The number of unbranched alkanes of at least 4 members (excludes halogenated alkanes) is 38. The summed E-state index contributed by atoms with van der Waals surface area (Å²) in [5.41, 5.74) is 0. The Morgan fingerprint density at radius 2 is 0.701 bits per heavy atom. The average Bonchev–Trinajstić information content (AvgIpc) is 3.40. The Labute approximate surface area is 476 Å². The van der Waals surface area contributed by atoms with Gasteiger partial charge in [-0.25, -0.2) is 4.79 Å². The number of carboxylic acid groups (broad SMARTS) is 1. The molecule has 0 bridgehead atoms. The Kier molecular flexibility index (Phi) is 57.3. The Morgan fingerprint density at radius 3 is 1.05 bits per heavy atom. The number of nitrogens with zero attached hydrogens (tertiary/aromatic N) is 1. The standard InChI is InChI=1S/C68H125NO8/c1-6-8-10-12-14-16-18-20-22-24-26-28-30-31-32-33-34-35-37-39-41-43-45-47-49-51-53-55-57-59-66(71)77-64(63-76-68(67(72)73)74-61-60-69(3,4)5)62-75-65(70)58-56-54-52-50-48-46-44-42-40-38-36-29-27-25-23-21-19-17-15-13-11-9-7-2/h18,20,24-27,30-31,64,68H,6-17,19,21-23,28-29,32-63H2,1-5H3/p+1/b20-18-,26-24-,27-25-,31-30-. The predicted octanol–water partition coefficient (Wildman–Crippen LogP) is 19.8. The van der Waals surface area contributed by atoms with E-state index in [0.717, 1.165) is 51.4 Å². The largest absolute Gasteiger partial charge is 0.477 e. The molecule has 450 valence electrons. The van der Waals surface area contributed by atoms with E-state index < -0.39 is 24.3 Å². The molecule has 0 heterocycles. The summed E-state index contributed by atoms with van der Waals surface area (Å²) >= 11 is 0. The van der Waals surface area contributed by atoms with Crippen LogP contribution in [0.1, 0.15) is 309 Å². The van der Waals surface area contributed by atoms with Crippen molar-refractivity contribution in [1.29, 1.82) is 0 Å². The molecule has 2 unspecified atom stereocenters. The van der Waals surface area contributed by atoms with Crippen LogP contribution in [-0.2, 0) is 33.3 Å². The molecule has 0 fully saturated rings. The lowest BCUT2D eigenvalue weighted by Crippen LogP contribution is -2.40. The number of hydrogen-bond donors (Lipinski definition) is 1. The number of allylic oxidation sites excluding steroid dienone is 8. The highest BCUT2D eigenvalue weighted by Crippen LogP contribution is 2.17. The minimum Gasteiger partial charge on any atom is -0.477 e. The molecule has 9 heteroatoms. The van der Waals surface area contributed by atoms with Gasteiger partial charge in [-0.1, -0.05) is 268 Å². The second kappa shape index (κ2) is 59.4. The Hall–Kier alpha value is -2.75. The molecule has 2 atom stereocenters. The van der Waals surface area contributed by atoms with Crippen molar-refractivity contribution in [2.75, 3.05) is 47.5 Å². The minimum absolute atomic E-state index is 0.180. The van der Waals surface area contributed by atoms with E-state index in [-0.39, 0.29) is 32.2 Å². The lowest BCUT2D eigenvalue weighted by atomic mass is 10.0. The van der Waals surface area contributed by atoms with E-state index in [4.69, 9.17) is 18.9 Å². The number of aliphatic carboxylic acids is 1. The number of carboxylic acids is 1. The van der Waals surface area contributed by atoms with Gasteiger partial charge in [0.2, 0.25) is 0 Å². The van der Waals surface area contributed by atoms with Gasteiger partial charge in [0.15, 0.2) is 6.10 Å². The molecule has 0 saturated heterocycles. The molecule has 0 rings (SSSR count). The first kappa shape index (κ1) is 74.2. The maximum absolute atomic E-state index is 12.9. The van der Waals surface area contributed by atoms with E-state index in [1.165, 1.54) is 231 Å². The zero-order valence-corrected chi connectivity index (χ0v) is 51.4. The summed E-state index contributed by atoms with van der Waals surface area (Å²) in [6.45, 7) is 4.91. The molecular weight excluding hydrogens is 959 g/mol. The van der Waals surface area contributed by atoms with Gasteiger partial charge in [-0.2, -0.15) is 0 Å². The number of likely N-dealkylation sites (N-methyl/N-ethyl adjacent to an activating group) is 1. The van der Waals surface area contributed by atoms with Gasteiger partial charge < -0.3 is 28.5 Å². The summed E-state index contributed by atoms with van der Waals surface area (Å²) < 4.78 is 23.0. The molecule has 0 radical (unpaired) electrons. The topological polar surface area (TPSA) is 108 Å². The summed E-state index contributed by atoms with van der Waals surface area (Å²) in [6.07, 6.45) is 72.0. The molecular formula is C68H126NO8+. The first-order valence-corrected chi connectivity index (χ1v) is 32.8. The van der Waals surface area contributed by atoms with Crippen LogP contribution in [-0.4, -0.2) is 87.4 Å². The Morgan fingerprint density at radius 1 is 0.390 bits per heavy atom. The number of ether oxygens (including phenoxy) is 4. The molecule has 0 aromatic carbocycles. The smallest absolute Gasteiger partial charge is 0.361 e. The highest BCUT2D eigenvalue weighted by molar-refractivity contribution is 5.71. The number of carbonyl (C=O) groups is 3. The maximum atomic E-state index is 12.9. The van der Waals surface area contributed by atoms with Crippen molar-refractivity contribution in [3.05, 3.63) is 48.6 Å². The fourth-order valence-electron chi connectivity index (χ4n) is 9.49. The third-order valence-electron chi connectivity index (χ3n) is 14.6. The summed E-state index contributed by atoms with van der Waals surface area (Å²) in [5.74, 6) is -1.99. The third kappa shape index (κ3) is 60.7. The molecule has 0 amide bonds. The van der Waals surface area contributed by atoms with Crippen LogP contribution in [0.3, 0.4) is 0 Å². The SMILES string of the molecule is CCCCCCC/C=C\C/C=C\C/C=C\CCCCCCCCCCCCCCCCC(=O)OC(COC(=O)CCCCCCCCCCCCC/C=C\CCCCCCCCCC)COC(OCC[N+](C)(C)C)C(=O)O. The molecule has 77 heavy (non-hydrogen) atoms. The van der Waals surface area contributed by atoms with Gasteiger partial charge in [-0.3, -0.25) is 9.59 Å². The third-order valence-corrected chi connectivity index (χ3v) is 14.6. The van der Waals surface area contributed by atoms with Gasteiger partial charge in [-0.15, -0.1) is 0 Å². The van der Waals surface area contributed by atoms with Crippen LogP contribution in [0.4, 0.5) is 0 Å². The lowest BCUT2D eigenvalue weighted by molar-refractivity contribution is -0.870. The zero-order valence-electron chi connectivity index (χ0n) is 51.4. The van der Waals surface area contributed by atoms with E-state index in [1.807, 2.05) is 21.1 Å². The fourth-order valence-corrected chi connectivity index (χ4v) is 9.49. The van der Waals surface area contributed by atoms with Gasteiger partial charge in [0.1, 0.15) is 13.2 Å². The monoisotopic (exact) mass is 1080 g/mol. The number of hydrogen-bond acceptors (Lipinski definition) is 7. The highest BCUT2D eigenvalue weighted by Gasteiger charge is 2.25. The fraction of sp³-hybridized carbons (Fsp3) is 0.838. The van der Waals surface area contributed by atoms with E-state index >= 15 is 0 Å². The van der Waals surface area contributed by atoms with Crippen molar-refractivity contribution in [1.82, 2.24) is 0 Å². The summed E-state index contributed by atoms with van der Waals surface area (Å²) in [7, 11) is 5.98. The van der Waals surface area contributed by atoms with Gasteiger partial charge >= 0.3 is 17.9 Å². The molecule has 0 aliphatic carbocycles. The predicted molar refractivity (Wildman–Crippen MR) is 327 cm³/mol. The van der Waals surface area contributed by atoms with Crippen LogP contribution in [0.25, 0.3) is 0 Å². The second-order valence-electron chi connectivity index (χ2n) is 23.4. The number of quaternary nitrogens is 1. The van der Waals surface area contributed by atoms with Crippen LogP contribution in [0, 0.1) is 0 Å². The van der Waals surface area contributed by atoms with Crippen LogP contribution in [0.5, 0.6) is 0 Å². The maximum Gasteiger partial charge on any atom is 0.361 e. The summed E-state index contributed by atoms with van der Waals surface area (Å²) in [5, 5.41) is 9.73. The molecule has 0 aliphatic heterocycles. The quantitative estimate of drug-likeness (QED) is 0.0211. The normalized spacial score (nSPS) is 13.0. The molecule has 1 N–H and O–H groups in total. The first-order chi connectivity index (χ1) is 37.6. The molecule has 0 spiro atoms. The summed E-state index contributed by atoms with van der Waals surface area (Å²) in [4.78, 5) is 37.5. The molecule has 0 saturated carbocycles. The van der Waals surface area contributed by atoms with E-state index in [1.54, 1.807) is 0 Å². The van der Waals surface area contributed by atoms with E-state index in [2.05, 4.69) is 62.5 Å². The van der Waals surface area contributed by atoms with Gasteiger partial charge in [0.25, 0.3) is 6.29 Å². The van der Waals surface area contributed by atoms with Gasteiger partial charge in [0, 0.05) is 12.8 Å². The first-order valence-electron chi connectivity index (χ1n) is 32.8. The van der Waals surface area contributed by atoms with E-state index in [9.17, 15) is 19.5 Å². The second-order valence-corrected chi connectivity index (χ2v) is 23.4. The van der Waals surface area contributed by atoms with Crippen LogP contribution < -0.4 is 0 Å². The van der Waals surface area contributed by atoms with Crippen molar-refractivity contribution in [3.8, 4) is 0 Å². The van der Waals surface area contributed by atoms with Crippen molar-refractivity contribution in [3.63, 3.8) is 0 Å². The molecule has 9 nitrogen and oxygen atoms in total. The average molecular weight is 1090 g/mol. The Balaban J connectivity index is 4.15. The number of carbonyl (C=O) groups excluding carboxylic acids is 2. The molecule has 0 aromatic rings. The van der Waals surface area contributed by atoms with Crippen LogP contribution in [0.2, 0.25) is 0 Å². The molecule has 0 aliphatic rings. The van der Waals surface area contributed by atoms with Crippen LogP contribution in [0.15, 0.2) is 48.6 Å². The van der Waals surface area contributed by atoms with E-state index in [0.29, 0.717) is 17.4 Å². The molecule has 0 aromatic heterocycles. The van der Waals surface area contributed by atoms with Crippen molar-refractivity contribution < 1.29 is 42.9 Å². The Bertz CT molecular complexity index is 1400. The van der Waals surface area contributed by atoms with Crippen molar-refractivity contribution in [2.45, 2.75) is 322 Å². The number of esters is 2. The lowest BCUT2D eigenvalue weighted by Gasteiger charge is -2.25. The van der Waals surface area contributed by atoms with Crippen molar-refractivity contribution >= 4 is 17.9 Å². The van der Waals surface area contributed by atoms with Gasteiger partial charge in [-0.05, 0) is 77.0 Å². The van der Waals surface area contributed by atoms with Gasteiger partial charge in [0.05, 0.1) is 34.4 Å². The summed E-state index contributed by atoms with van der Waals surface area (Å²) in [6, 6.07) is 0. The zero-order chi connectivity index (χ0) is 56.2. The van der Waals surface area contributed by atoms with Crippen LogP contribution >= 0.6 is 0 Å². The number of rotatable bonds is 61.